The van der Waals surface area contributed by atoms with E-state index in [1.807, 2.05) is 30.3 Å². The molecule has 0 aliphatic rings. The Morgan fingerprint density at radius 3 is 2.20 bits per heavy atom. The van der Waals surface area contributed by atoms with Crippen LogP contribution in [0.3, 0.4) is 0 Å². The van der Waals surface area contributed by atoms with Crippen LogP contribution < -0.4 is 9.62 Å². The largest absolute Gasteiger partial charge is 0.354 e. The first kappa shape index (κ1) is 21.8. The molecule has 0 aliphatic carbocycles. The third-order valence-electron chi connectivity index (χ3n) is 4.36. The lowest BCUT2D eigenvalue weighted by Crippen LogP contribution is -2.39. The summed E-state index contributed by atoms with van der Waals surface area (Å²) in [5.74, 6) is -0.692. The molecule has 3 aromatic rings. The second-order valence-electron chi connectivity index (χ2n) is 6.52. The molecular formula is C22H20ClFN2O3S. The first-order valence-corrected chi connectivity index (χ1v) is 11.0. The maximum atomic E-state index is 13.3. The fraction of sp³-hybridized carbons (Fsp3) is 0.136. The van der Waals surface area contributed by atoms with Gasteiger partial charge in [0.15, 0.2) is 0 Å². The van der Waals surface area contributed by atoms with Crippen molar-refractivity contribution in [1.29, 1.82) is 0 Å². The monoisotopic (exact) mass is 446 g/mol. The van der Waals surface area contributed by atoms with Crippen LogP contribution in [0.4, 0.5) is 10.1 Å². The zero-order chi connectivity index (χ0) is 21.6. The highest BCUT2D eigenvalue weighted by molar-refractivity contribution is 7.92. The average Bonchev–Trinajstić information content (AvgIpc) is 2.73. The molecule has 0 spiro atoms. The van der Waals surface area contributed by atoms with Crippen molar-refractivity contribution in [3.63, 3.8) is 0 Å². The molecule has 156 valence electrons. The highest BCUT2D eigenvalue weighted by Gasteiger charge is 2.25. The van der Waals surface area contributed by atoms with Gasteiger partial charge in [-0.3, -0.25) is 9.10 Å². The van der Waals surface area contributed by atoms with Crippen molar-refractivity contribution < 1.29 is 17.6 Å². The third kappa shape index (κ3) is 5.58. The number of rotatable bonds is 8. The molecule has 0 saturated heterocycles. The normalized spacial score (nSPS) is 11.1. The lowest BCUT2D eigenvalue weighted by atomic mass is 10.1. The van der Waals surface area contributed by atoms with Crippen LogP contribution in [0.5, 0.6) is 0 Å². The van der Waals surface area contributed by atoms with Gasteiger partial charge in [0.2, 0.25) is 5.91 Å². The number of nitrogens with zero attached hydrogens (tertiary/aromatic N) is 1. The van der Waals surface area contributed by atoms with Gasteiger partial charge in [0, 0.05) is 11.6 Å². The van der Waals surface area contributed by atoms with Crippen LogP contribution in [0.1, 0.15) is 5.56 Å². The van der Waals surface area contributed by atoms with Gasteiger partial charge in [0.25, 0.3) is 10.0 Å². The van der Waals surface area contributed by atoms with E-state index in [1.54, 1.807) is 0 Å². The van der Waals surface area contributed by atoms with Crippen molar-refractivity contribution in [3.05, 3.63) is 95.3 Å². The Morgan fingerprint density at radius 1 is 0.933 bits per heavy atom. The van der Waals surface area contributed by atoms with Crippen molar-refractivity contribution in [2.75, 3.05) is 17.4 Å². The van der Waals surface area contributed by atoms with Gasteiger partial charge in [-0.2, -0.15) is 0 Å². The quantitative estimate of drug-likeness (QED) is 0.568. The summed E-state index contributed by atoms with van der Waals surface area (Å²) in [5, 5.41) is 3.15. The summed E-state index contributed by atoms with van der Waals surface area (Å²) in [5.41, 5.74) is 1.16. The molecule has 0 heterocycles. The number of nitrogens with one attached hydrogen (secondary N) is 1. The summed E-state index contributed by atoms with van der Waals surface area (Å²) >= 11 is 5.86. The maximum Gasteiger partial charge on any atom is 0.264 e. The van der Waals surface area contributed by atoms with Crippen LogP contribution in [0.25, 0.3) is 0 Å². The van der Waals surface area contributed by atoms with E-state index in [4.69, 9.17) is 11.6 Å². The molecule has 0 bridgehead atoms. The standard InChI is InChI=1S/C22H20ClFN2O3S/c23-18-6-12-21(13-7-18)30(28,29)26(20-10-8-19(24)9-11-20)15-14-25-22(27)16-17-4-2-1-3-5-17/h1-13H,14-16H2,(H,25,27). The van der Waals surface area contributed by atoms with Crippen LogP contribution in [0.2, 0.25) is 5.02 Å². The summed E-state index contributed by atoms with van der Waals surface area (Å²) in [6.45, 7) is 0.0764. The Morgan fingerprint density at radius 2 is 1.57 bits per heavy atom. The predicted molar refractivity (Wildman–Crippen MR) is 116 cm³/mol. The molecule has 1 amide bonds. The molecule has 0 radical (unpaired) electrons. The Labute approximate surface area is 180 Å². The molecule has 0 aliphatic heterocycles. The van der Waals surface area contributed by atoms with E-state index in [0.717, 1.165) is 9.87 Å². The predicted octanol–water partition coefficient (Wildman–Crippen LogP) is 4.03. The topological polar surface area (TPSA) is 66.5 Å². The van der Waals surface area contributed by atoms with Crippen molar-refractivity contribution in [2.45, 2.75) is 11.3 Å². The number of sulfonamides is 1. The summed E-state index contributed by atoms with van der Waals surface area (Å²) in [7, 11) is -3.94. The van der Waals surface area contributed by atoms with Crippen LogP contribution in [-0.4, -0.2) is 27.4 Å². The fourth-order valence-corrected chi connectivity index (χ4v) is 4.46. The summed E-state index contributed by atoms with van der Waals surface area (Å²) < 4.78 is 40.8. The Balaban J connectivity index is 1.75. The Kier molecular flexibility index (Phi) is 7.07. The van der Waals surface area contributed by atoms with Crippen molar-refractivity contribution in [1.82, 2.24) is 5.32 Å². The SMILES string of the molecule is O=C(Cc1ccccc1)NCCN(c1ccc(F)cc1)S(=O)(=O)c1ccc(Cl)cc1. The van der Waals surface area contributed by atoms with E-state index in [0.29, 0.717) is 10.7 Å². The third-order valence-corrected chi connectivity index (χ3v) is 6.45. The number of hydrogen-bond donors (Lipinski definition) is 1. The van der Waals surface area contributed by atoms with E-state index in [2.05, 4.69) is 5.32 Å². The Hall–Kier alpha value is -2.90. The molecule has 0 aromatic heterocycles. The van der Waals surface area contributed by atoms with Crippen LogP contribution >= 0.6 is 11.6 Å². The van der Waals surface area contributed by atoms with Gasteiger partial charge in [-0.1, -0.05) is 41.9 Å². The zero-order valence-electron chi connectivity index (χ0n) is 16.0. The molecule has 0 unspecified atom stereocenters. The van der Waals surface area contributed by atoms with Gasteiger partial charge in [0.05, 0.1) is 23.5 Å². The Bertz CT molecular complexity index is 1090. The van der Waals surface area contributed by atoms with E-state index in [9.17, 15) is 17.6 Å². The highest BCUT2D eigenvalue weighted by atomic mass is 35.5. The second-order valence-corrected chi connectivity index (χ2v) is 8.82. The molecule has 5 nitrogen and oxygen atoms in total. The van der Waals surface area contributed by atoms with E-state index in [-0.39, 0.29) is 30.3 Å². The number of carbonyl (C=O) groups is 1. The van der Waals surface area contributed by atoms with E-state index in [1.165, 1.54) is 48.5 Å². The molecule has 0 saturated carbocycles. The van der Waals surface area contributed by atoms with Gasteiger partial charge in [0.1, 0.15) is 5.82 Å². The molecule has 1 N–H and O–H groups in total. The fourth-order valence-electron chi connectivity index (χ4n) is 2.87. The van der Waals surface area contributed by atoms with Crippen molar-refractivity contribution in [3.8, 4) is 0 Å². The smallest absolute Gasteiger partial charge is 0.264 e. The van der Waals surface area contributed by atoms with Gasteiger partial charge < -0.3 is 5.32 Å². The van der Waals surface area contributed by atoms with Crippen molar-refractivity contribution in [2.24, 2.45) is 0 Å². The van der Waals surface area contributed by atoms with Crippen LogP contribution in [0.15, 0.2) is 83.8 Å². The van der Waals surface area contributed by atoms with Gasteiger partial charge in [-0.05, 0) is 54.1 Å². The molecule has 0 atom stereocenters. The number of hydrogen-bond acceptors (Lipinski definition) is 3. The van der Waals surface area contributed by atoms with Crippen molar-refractivity contribution >= 4 is 33.2 Å². The van der Waals surface area contributed by atoms with Gasteiger partial charge >= 0.3 is 0 Å². The summed E-state index contributed by atoms with van der Waals surface area (Å²) in [6, 6.07) is 20.2. The minimum Gasteiger partial charge on any atom is -0.354 e. The summed E-state index contributed by atoms with van der Waals surface area (Å²) in [6.07, 6.45) is 0.196. The number of amides is 1. The van der Waals surface area contributed by atoms with Gasteiger partial charge in [-0.25, -0.2) is 12.8 Å². The minimum absolute atomic E-state index is 0.0167. The molecular weight excluding hydrogens is 427 g/mol. The number of benzene rings is 3. The second kappa shape index (κ2) is 9.73. The summed E-state index contributed by atoms with van der Waals surface area (Å²) in [4.78, 5) is 12.2. The first-order valence-electron chi connectivity index (χ1n) is 9.21. The number of anilines is 1. The maximum absolute atomic E-state index is 13.3. The van der Waals surface area contributed by atoms with E-state index < -0.39 is 15.8 Å². The van der Waals surface area contributed by atoms with Crippen LogP contribution in [0, 0.1) is 5.82 Å². The molecule has 8 heteroatoms. The molecule has 30 heavy (non-hydrogen) atoms. The number of carbonyl (C=O) groups excluding carboxylic acids is 1. The van der Waals surface area contributed by atoms with Crippen LogP contribution in [-0.2, 0) is 21.2 Å². The molecule has 3 rings (SSSR count). The molecule has 0 fully saturated rings. The lowest BCUT2D eigenvalue weighted by Gasteiger charge is -2.25. The lowest BCUT2D eigenvalue weighted by molar-refractivity contribution is -0.120. The first-order chi connectivity index (χ1) is 14.4. The van der Waals surface area contributed by atoms with Gasteiger partial charge in [-0.15, -0.1) is 0 Å². The average molecular weight is 447 g/mol. The highest BCUT2D eigenvalue weighted by Crippen LogP contribution is 2.24. The number of halogens is 2. The minimum atomic E-state index is -3.94. The molecule has 3 aromatic carbocycles. The zero-order valence-corrected chi connectivity index (χ0v) is 17.5. The van der Waals surface area contributed by atoms with E-state index >= 15 is 0 Å².